The average Bonchev–Trinajstić information content (AvgIpc) is 2.36. The van der Waals surface area contributed by atoms with Gasteiger partial charge in [0, 0.05) is 22.3 Å². The van der Waals surface area contributed by atoms with Gasteiger partial charge in [0.1, 0.15) is 23.9 Å². The minimum Gasteiger partial charge on any atom is -0.489 e. The van der Waals surface area contributed by atoms with Gasteiger partial charge in [0.2, 0.25) is 0 Å². The van der Waals surface area contributed by atoms with Gasteiger partial charge in [-0.15, -0.1) is 0 Å². The summed E-state index contributed by atoms with van der Waals surface area (Å²) in [4.78, 5) is 14.4. The van der Waals surface area contributed by atoms with Crippen molar-refractivity contribution in [3.05, 3.63) is 58.1 Å². The summed E-state index contributed by atoms with van der Waals surface area (Å²) in [6.07, 6.45) is 1.41. The molecule has 0 aliphatic heterocycles. The van der Waals surface area contributed by atoms with E-state index in [2.05, 4.69) is 20.9 Å². The van der Waals surface area contributed by atoms with Crippen LogP contribution < -0.4 is 4.74 Å². The Balaban J connectivity index is 2.03. The first-order valence-corrected chi connectivity index (χ1v) is 6.11. The minimum absolute atomic E-state index is 0.0303. The van der Waals surface area contributed by atoms with E-state index in [1.165, 1.54) is 24.4 Å². The fourth-order valence-corrected chi connectivity index (χ4v) is 1.86. The summed E-state index contributed by atoms with van der Waals surface area (Å²) in [5, 5.41) is 8.70. The first kappa shape index (κ1) is 13.5. The van der Waals surface area contributed by atoms with Crippen molar-refractivity contribution < 1.29 is 19.0 Å². The Bertz CT molecular complexity index is 581. The summed E-state index contributed by atoms with van der Waals surface area (Å²) in [6, 6.07) is 7.23. The molecule has 0 saturated carbocycles. The Morgan fingerprint density at radius 3 is 2.74 bits per heavy atom. The SMILES string of the molecule is O=C(O)c1ccc(COc2cc(F)cc(Br)c2)cn1. The lowest BCUT2D eigenvalue weighted by molar-refractivity contribution is 0.0690. The van der Waals surface area contributed by atoms with Gasteiger partial charge in [-0.25, -0.2) is 14.2 Å². The third-order valence-electron chi connectivity index (χ3n) is 2.29. The fourth-order valence-electron chi connectivity index (χ4n) is 1.41. The van der Waals surface area contributed by atoms with E-state index in [9.17, 15) is 9.18 Å². The number of carboxylic acid groups (broad SMARTS) is 1. The van der Waals surface area contributed by atoms with Crippen molar-refractivity contribution in [2.45, 2.75) is 6.61 Å². The van der Waals surface area contributed by atoms with Gasteiger partial charge in [-0.2, -0.15) is 0 Å². The molecule has 1 aromatic carbocycles. The van der Waals surface area contributed by atoms with Crippen molar-refractivity contribution in [3.8, 4) is 5.75 Å². The van der Waals surface area contributed by atoms with E-state index in [1.54, 1.807) is 12.1 Å². The van der Waals surface area contributed by atoms with Crippen LogP contribution in [0.1, 0.15) is 16.1 Å². The number of benzene rings is 1. The van der Waals surface area contributed by atoms with Crippen LogP contribution in [0.5, 0.6) is 5.75 Å². The van der Waals surface area contributed by atoms with E-state index in [0.29, 0.717) is 15.8 Å². The van der Waals surface area contributed by atoms with Gasteiger partial charge in [-0.1, -0.05) is 22.0 Å². The van der Waals surface area contributed by atoms with Crippen molar-refractivity contribution in [3.63, 3.8) is 0 Å². The summed E-state index contributed by atoms with van der Waals surface area (Å²) >= 11 is 3.17. The van der Waals surface area contributed by atoms with Crippen LogP contribution in [0.4, 0.5) is 4.39 Å². The molecule has 98 valence electrons. The van der Waals surface area contributed by atoms with Crippen LogP contribution in [0.3, 0.4) is 0 Å². The van der Waals surface area contributed by atoms with Crippen molar-refractivity contribution >= 4 is 21.9 Å². The zero-order valence-corrected chi connectivity index (χ0v) is 11.2. The number of nitrogens with zero attached hydrogens (tertiary/aromatic N) is 1. The second kappa shape index (κ2) is 5.79. The van der Waals surface area contributed by atoms with E-state index in [-0.39, 0.29) is 12.3 Å². The maximum Gasteiger partial charge on any atom is 0.354 e. The molecule has 0 bridgehead atoms. The number of hydrogen-bond acceptors (Lipinski definition) is 3. The topological polar surface area (TPSA) is 59.4 Å². The fraction of sp³-hybridized carbons (Fsp3) is 0.0769. The predicted octanol–water partition coefficient (Wildman–Crippen LogP) is 3.26. The summed E-state index contributed by atoms with van der Waals surface area (Å²) in [5.41, 5.74) is 0.669. The Morgan fingerprint density at radius 1 is 1.37 bits per heavy atom. The smallest absolute Gasteiger partial charge is 0.354 e. The molecule has 0 atom stereocenters. The van der Waals surface area contributed by atoms with E-state index in [4.69, 9.17) is 9.84 Å². The van der Waals surface area contributed by atoms with Crippen LogP contribution in [0.25, 0.3) is 0 Å². The van der Waals surface area contributed by atoms with Gasteiger partial charge in [-0.3, -0.25) is 0 Å². The molecular weight excluding hydrogens is 317 g/mol. The highest BCUT2D eigenvalue weighted by Gasteiger charge is 2.05. The van der Waals surface area contributed by atoms with Gasteiger partial charge in [0.05, 0.1) is 0 Å². The predicted molar refractivity (Wildman–Crippen MR) is 69.6 cm³/mol. The lowest BCUT2D eigenvalue weighted by atomic mass is 10.2. The monoisotopic (exact) mass is 325 g/mol. The van der Waals surface area contributed by atoms with Crippen LogP contribution in [0, 0.1) is 5.82 Å². The standard InChI is InChI=1S/C13H9BrFNO3/c14-9-3-10(15)5-11(4-9)19-7-8-1-2-12(13(17)18)16-6-8/h1-6H,7H2,(H,17,18). The van der Waals surface area contributed by atoms with Crippen molar-refractivity contribution in [1.82, 2.24) is 4.98 Å². The number of carbonyl (C=O) groups is 1. The van der Waals surface area contributed by atoms with Gasteiger partial charge < -0.3 is 9.84 Å². The number of halogens is 2. The van der Waals surface area contributed by atoms with Gasteiger partial charge >= 0.3 is 5.97 Å². The zero-order valence-electron chi connectivity index (χ0n) is 9.64. The molecule has 2 aromatic rings. The molecule has 1 aromatic heterocycles. The highest BCUT2D eigenvalue weighted by Crippen LogP contribution is 2.21. The molecule has 0 unspecified atom stereocenters. The van der Waals surface area contributed by atoms with Crippen LogP contribution in [0.15, 0.2) is 41.0 Å². The number of pyridine rings is 1. The van der Waals surface area contributed by atoms with E-state index in [1.807, 2.05) is 0 Å². The summed E-state index contributed by atoms with van der Waals surface area (Å²) in [5.74, 6) is -1.10. The number of aromatic carboxylic acids is 1. The molecular formula is C13H9BrFNO3. The average molecular weight is 326 g/mol. The van der Waals surface area contributed by atoms with E-state index >= 15 is 0 Å². The maximum atomic E-state index is 13.1. The quantitative estimate of drug-likeness (QED) is 0.937. The maximum absolute atomic E-state index is 13.1. The molecule has 2 rings (SSSR count). The van der Waals surface area contributed by atoms with E-state index in [0.717, 1.165) is 0 Å². The molecule has 1 heterocycles. The van der Waals surface area contributed by atoms with Crippen LogP contribution >= 0.6 is 15.9 Å². The Hall–Kier alpha value is -1.95. The molecule has 0 radical (unpaired) electrons. The summed E-state index contributed by atoms with van der Waals surface area (Å²) in [7, 11) is 0. The molecule has 0 fully saturated rings. The molecule has 19 heavy (non-hydrogen) atoms. The molecule has 4 nitrogen and oxygen atoms in total. The van der Waals surface area contributed by atoms with Crippen LogP contribution in [0.2, 0.25) is 0 Å². The van der Waals surface area contributed by atoms with Gasteiger partial charge in [0.25, 0.3) is 0 Å². The third-order valence-corrected chi connectivity index (χ3v) is 2.74. The number of rotatable bonds is 4. The van der Waals surface area contributed by atoms with Gasteiger partial charge in [0.15, 0.2) is 0 Å². The number of carboxylic acids is 1. The van der Waals surface area contributed by atoms with Crippen molar-refractivity contribution in [2.24, 2.45) is 0 Å². The lowest BCUT2D eigenvalue weighted by Crippen LogP contribution is -2.02. The lowest BCUT2D eigenvalue weighted by Gasteiger charge is -2.07. The third kappa shape index (κ3) is 3.75. The second-order valence-electron chi connectivity index (χ2n) is 3.75. The first-order valence-electron chi connectivity index (χ1n) is 5.32. The number of aromatic nitrogens is 1. The number of hydrogen-bond donors (Lipinski definition) is 1. The second-order valence-corrected chi connectivity index (χ2v) is 4.67. The number of ether oxygens (including phenoxy) is 1. The molecule has 0 amide bonds. The minimum atomic E-state index is -1.08. The van der Waals surface area contributed by atoms with Crippen molar-refractivity contribution in [1.29, 1.82) is 0 Å². The zero-order chi connectivity index (χ0) is 13.8. The Kier molecular flexibility index (Phi) is 4.11. The highest BCUT2D eigenvalue weighted by molar-refractivity contribution is 9.10. The normalized spacial score (nSPS) is 10.2. The molecule has 1 N–H and O–H groups in total. The van der Waals surface area contributed by atoms with E-state index < -0.39 is 11.8 Å². The first-order chi connectivity index (χ1) is 9.04. The molecule has 0 saturated heterocycles. The van der Waals surface area contributed by atoms with Crippen LogP contribution in [-0.2, 0) is 6.61 Å². The summed E-state index contributed by atoms with van der Waals surface area (Å²) in [6.45, 7) is 0.183. The summed E-state index contributed by atoms with van der Waals surface area (Å²) < 4.78 is 19.1. The van der Waals surface area contributed by atoms with Crippen LogP contribution in [-0.4, -0.2) is 16.1 Å². The molecule has 0 spiro atoms. The molecule has 0 aliphatic carbocycles. The largest absolute Gasteiger partial charge is 0.489 e. The molecule has 6 heteroatoms. The molecule has 0 aliphatic rings. The van der Waals surface area contributed by atoms with Crippen molar-refractivity contribution in [2.75, 3.05) is 0 Å². The Morgan fingerprint density at radius 2 is 2.16 bits per heavy atom. The Labute approximate surface area is 117 Å². The van der Waals surface area contributed by atoms with Gasteiger partial charge in [-0.05, 0) is 18.2 Å². The highest BCUT2D eigenvalue weighted by atomic mass is 79.9.